The summed E-state index contributed by atoms with van der Waals surface area (Å²) in [5, 5.41) is 10.4. The van der Waals surface area contributed by atoms with Crippen molar-refractivity contribution in [3.63, 3.8) is 0 Å². The smallest absolute Gasteiger partial charge is 0.332 e. The van der Waals surface area contributed by atoms with E-state index >= 15 is 0 Å². The first-order valence-electron chi connectivity index (χ1n) is 5.47. The van der Waals surface area contributed by atoms with Gasteiger partial charge in [0.2, 0.25) is 0 Å². The molecule has 2 aliphatic rings. The van der Waals surface area contributed by atoms with Crippen LogP contribution in [0.25, 0.3) is 0 Å². The van der Waals surface area contributed by atoms with Crippen molar-refractivity contribution < 1.29 is 4.79 Å². The molecule has 2 N–H and O–H groups in total. The van der Waals surface area contributed by atoms with Crippen molar-refractivity contribution in [3.05, 3.63) is 16.9 Å². The van der Waals surface area contributed by atoms with E-state index in [2.05, 4.69) is 31.7 Å². The normalized spacial score (nSPS) is 31.9. The van der Waals surface area contributed by atoms with Crippen LogP contribution in [-0.2, 0) is 0 Å². The first-order valence-corrected chi connectivity index (χ1v) is 6.26. The Kier molecular flexibility index (Phi) is 2.48. The molecule has 1 amide bonds. The van der Waals surface area contributed by atoms with Gasteiger partial charge in [-0.2, -0.15) is 9.78 Å². The molecule has 0 spiro atoms. The summed E-state index contributed by atoms with van der Waals surface area (Å²) < 4.78 is 2.14. The lowest BCUT2D eigenvalue weighted by molar-refractivity contribution is 0.231. The van der Waals surface area contributed by atoms with E-state index in [0.29, 0.717) is 6.04 Å². The number of carbonyl (C=O) groups excluding carboxylic acids is 1. The van der Waals surface area contributed by atoms with Crippen LogP contribution in [0.4, 0.5) is 4.79 Å². The second kappa shape index (κ2) is 3.85. The summed E-state index contributed by atoms with van der Waals surface area (Å²) in [6, 6.07) is 0.562. The highest BCUT2D eigenvalue weighted by Crippen LogP contribution is 2.31. The molecule has 5 nitrogen and oxygen atoms in total. The van der Waals surface area contributed by atoms with E-state index in [-0.39, 0.29) is 12.1 Å². The Morgan fingerprint density at radius 2 is 2.50 bits per heavy atom. The fourth-order valence-corrected chi connectivity index (χ4v) is 2.93. The molecule has 2 heterocycles. The van der Waals surface area contributed by atoms with E-state index in [9.17, 15) is 4.79 Å². The lowest BCUT2D eigenvalue weighted by Gasteiger charge is -2.23. The number of hydrogen-bond donors (Lipinski definition) is 2. The molecule has 1 aromatic rings. The summed E-state index contributed by atoms with van der Waals surface area (Å²) in [4.78, 5) is 11.8. The molecule has 2 fully saturated rings. The number of nitrogens with one attached hydrogen (secondary N) is 2. The maximum atomic E-state index is 11.8. The van der Waals surface area contributed by atoms with E-state index in [1.54, 1.807) is 12.4 Å². The van der Waals surface area contributed by atoms with Crippen LogP contribution in [-0.4, -0.2) is 34.4 Å². The van der Waals surface area contributed by atoms with Crippen LogP contribution in [0.2, 0.25) is 0 Å². The molecule has 1 aliphatic heterocycles. The molecule has 1 aliphatic carbocycles. The maximum absolute atomic E-state index is 11.8. The molecule has 3 unspecified atom stereocenters. The van der Waals surface area contributed by atoms with Crippen LogP contribution >= 0.6 is 15.9 Å². The van der Waals surface area contributed by atoms with Gasteiger partial charge in [0, 0.05) is 18.3 Å². The minimum absolute atomic E-state index is 0.148. The third-order valence-electron chi connectivity index (χ3n) is 3.40. The molecule has 3 atom stereocenters. The average molecular weight is 285 g/mol. The van der Waals surface area contributed by atoms with Crippen LogP contribution < -0.4 is 10.6 Å². The molecule has 1 saturated carbocycles. The Bertz CT molecular complexity index is 419. The topological polar surface area (TPSA) is 59.0 Å². The summed E-state index contributed by atoms with van der Waals surface area (Å²) >= 11 is 3.27. The zero-order chi connectivity index (χ0) is 11.1. The summed E-state index contributed by atoms with van der Waals surface area (Å²) in [5.41, 5.74) is 0. The summed E-state index contributed by atoms with van der Waals surface area (Å²) in [5.74, 6) is 0.736. The second-order valence-corrected chi connectivity index (χ2v) is 5.43. The van der Waals surface area contributed by atoms with Crippen molar-refractivity contribution in [1.29, 1.82) is 0 Å². The predicted octanol–water partition coefficient (Wildman–Crippen LogP) is 0.954. The third-order valence-corrected chi connectivity index (χ3v) is 3.81. The SMILES string of the molecule is O=C(NC1CC2CNC1C2)n1cc(Br)cn1. The Labute approximate surface area is 102 Å². The number of fused-ring (bicyclic) bond motifs is 2. The standard InChI is InChI=1S/C10H13BrN4O/c11-7-4-13-15(5-7)10(16)14-9-2-6-1-8(9)12-3-6/h4-6,8-9,12H,1-3H2,(H,14,16). The average Bonchev–Trinajstić information content (AvgIpc) is 2.92. The molecule has 0 aromatic carbocycles. The van der Waals surface area contributed by atoms with Gasteiger partial charge in [0.25, 0.3) is 0 Å². The molecule has 6 heteroatoms. The molecular weight excluding hydrogens is 272 g/mol. The Balaban J connectivity index is 1.65. The minimum atomic E-state index is -0.148. The highest BCUT2D eigenvalue weighted by Gasteiger charge is 2.40. The number of nitrogens with zero attached hydrogens (tertiary/aromatic N) is 2. The second-order valence-electron chi connectivity index (χ2n) is 4.51. The van der Waals surface area contributed by atoms with E-state index in [1.807, 2.05) is 0 Å². The highest BCUT2D eigenvalue weighted by atomic mass is 79.9. The molecule has 0 radical (unpaired) electrons. The van der Waals surface area contributed by atoms with E-state index < -0.39 is 0 Å². The van der Waals surface area contributed by atoms with Crippen molar-refractivity contribution in [1.82, 2.24) is 20.4 Å². The first-order chi connectivity index (χ1) is 7.72. The lowest BCUT2D eigenvalue weighted by atomic mass is 10.1. The number of carbonyl (C=O) groups is 1. The van der Waals surface area contributed by atoms with Crippen molar-refractivity contribution >= 4 is 22.0 Å². The van der Waals surface area contributed by atoms with Gasteiger partial charge in [0.1, 0.15) is 0 Å². The van der Waals surface area contributed by atoms with Crippen molar-refractivity contribution in [2.24, 2.45) is 5.92 Å². The molecule has 2 bridgehead atoms. The maximum Gasteiger partial charge on any atom is 0.342 e. The zero-order valence-electron chi connectivity index (χ0n) is 8.69. The monoisotopic (exact) mass is 284 g/mol. The van der Waals surface area contributed by atoms with Crippen LogP contribution in [0.1, 0.15) is 12.8 Å². The van der Waals surface area contributed by atoms with Crippen LogP contribution in [0.5, 0.6) is 0 Å². The highest BCUT2D eigenvalue weighted by molar-refractivity contribution is 9.10. The van der Waals surface area contributed by atoms with Gasteiger partial charge in [0.15, 0.2) is 0 Å². The molecule has 1 saturated heterocycles. The zero-order valence-corrected chi connectivity index (χ0v) is 10.3. The Morgan fingerprint density at radius 3 is 3.06 bits per heavy atom. The summed E-state index contributed by atoms with van der Waals surface area (Å²) in [7, 11) is 0. The summed E-state index contributed by atoms with van der Waals surface area (Å²) in [6.07, 6.45) is 5.55. The quantitative estimate of drug-likeness (QED) is 0.808. The summed E-state index contributed by atoms with van der Waals surface area (Å²) in [6.45, 7) is 1.10. The van der Waals surface area contributed by atoms with Gasteiger partial charge in [-0.25, -0.2) is 4.79 Å². The largest absolute Gasteiger partial charge is 0.342 e. The van der Waals surface area contributed by atoms with Crippen molar-refractivity contribution in [2.45, 2.75) is 24.9 Å². The number of amides is 1. The van der Waals surface area contributed by atoms with Gasteiger partial charge in [-0.1, -0.05) is 0 Å². The number of piperidine rings is 1. The number of aromatic nitrogens is 2. The molecule has 3 rings (SSSR count). The van der Waals surface area contributed by atoms with Gasteiger partial charge >= 0.3 is 6.03 Å². The van der Waals surface area contributed by atoms with Gasteiger partial charge in [-0.3, -0.25) is 0 Å². The van der Waals surface area contributed by atoms with Crippen LogP contribution in [0.15, 0.2) is 16.9 Å². The molecule has 86 valence electrons. The van der Waals surface area contributed by atoms with Gasteiger partial charge in [-0.05, 0) is 41.2 Å². The molecule has 16 heavy (non-hydrogen) atoms. The van der Waals surface area contributed by atoms with Crippen molar-refractivity contribution in [2.75, 3.05) is 6.54 Å². The van der Waals surface area contributed by atoms with Gasteiger partial charge in [-0.15, -0.1) is 0 Å². The van der Waals surface area contributed by atoms with Crippen LogP contribution in [0.3, 0.4) is 0 Å². The van der Waals surface area contributed by atoms with Crippen LogP contribution in [0, 0.1) is 5.92 Å². The first kappa shape index (κ1) is 10.3. The van der Waals surface area contributed by atoms with Gasteiger partial charge in [0.05, 0.1) is 10.7 Å². The van der Waals surface area contributed by atoms with E-state index in [1.165, 1.54) is 11.1 Å². The third kappa shape index (κ3) is 1.76. The van der Waals surface area contributed by atoms with Crippen molar-refractivity contribution in [3.8, 4) is 0 Å². The van der Waals surface area contributed by atoms with Gasteiger partial charge < -0.3 is 10.6 Å². The Hall–Kier alpha value is -0.880. The van der Waals surface area contributed by atoms with E-state index in [0.717, 1.165) is 23.4 Å². The number of rotatable bonds is 1. The predicted molar refractivity (Wildman–Crippen MR) is 62.2 cm³/mol. The molecular formula is C10H13BrN4O. The number of hydrogen-bond acceptors (Lipinski definition) is 3. The Morgan fingerprint density at radius 1 is 1.62 bits per heavy atom. The lowest BCUT2D eigenvalue weighted by Crippen LogP contribution is -2.49. The molecule has 1 aromatic heterocycles. The minimum Gasteiger partial charge on any atom is -0.332 e. The van der Waals surface area contributed by atoms with E-state index in [4.69, 9.17) is 0 Å². The fourth-order valence-electron chi connectivity index (χ4n) is 2.65. The number of halogens is 1. The fraction of sp³-hybridized carbons (Fsp3) is 0.600.